The van der Waals surface area contributed by atoms with Gasteiger partial charge in [-0.15, -0.1) is 0 Å². The van der Waals surface area contributed by atoms with E-state index in [0.717, 1.165) is 11.1 Å². The van der Waals surface area contributed by atoms with Crippen molar-refractivity contribution in [2.75, 3.05) is 5.73 Å². The summed E-state index contributed by atoms with van der Waals surface area (Å²) in [5.41, 5.74) is 6.87. The first-order chi connectivity index (χ1) is 9.01. The lowest BCUT2D eigenvalue weighted by Crippen LogP contribution is -2.24. The summed E-state index contributed by atoms with van der Waals surface area (Å²) in [6.07, 6.45) is 2.06. The third-order valence-electron chi connectivity index (χ3n) is 3.03. The summed E-state index contributed by atoms with van der Waals surface area (Å²) in [5.74, 6) is 0.438. The van der Waals surface area contributed by atoms with Crippen molar-refractivity contribution in [3.8, 4) is 6.07 Å². The molecule has 96 valence electrons. The molecule has 3 N–H and O–H groups in total. The zero-order valence-corrected chi connectivity index (χ0v) is 10.7. The number of hydrogen-bond acceptors (Lipinski definition) is 4. The molecule has 0 aliphatic rings. The number of nitrogen functional groups attached to an aromatic ring is 1. The van der Waals surface area contributed by atoms with Crippen LogP contribution in [0.25, 0.3) is 0 Å². The fourth-order valence-electron chi connectivity index (χ4n) is 2.01. The number of nitrogens with two attached hydrogens (primary N) is 1. The molecule has 0 aliphatic heterocycles. The van der Waals surface area contributed by atoms with Crippen LogP contribution in [-0.4, -0.2) is 10.1 Å². The fraction of sp³-hybridized carbons (Fsp3) is 0.200. The van der Waals surface area contributed by atoms with Crippen molar-refractivity contribution in [2.45, 2.75) is 18.9 Å². The Bertz CT molecular complexity index is 612. The largest absolute Gasteiger partial charge is 0.385 e. The second-order valence-electron chi connectivity index (χ2n) is 4.73. The number of hydrogen-bond donors (Lipinski definition) is 2. The monoisotopic (exact) mass is 253 g/mol. The Balaban J connectivity index is 2.24. The molecule has 0 fully saturated rings. The van der Waals surface area contributed by atoms with E-state index in [0.29, 0.717) is 17.8 Å². The average Bonchev–Trinajstić information content (AvgIpc) is 2.38. The van der Waals surface area contributed by atoms with Crippen LogP contribution in [-0.2, 0) is 12.0 Å². The Morgan fingerprint density at radius 1 is 1.32 bits per heavy atom. The van der Waals surface area contributed by atoms with E-state index in [-0.39, 0.29) is 0 Å². The smallest absolute Gasteiger partial charge is 0.123 e. The van der Waals surface area contributed by atoms with E-state index in [9.17, 15) is 5.11 Å². The minimum atomic E-state index is -1.01. The molecule has 1 heterocycles. The standard InChI is InChI=1S/C15H15N3O/c1-15(19,9-12-6-7-18-14(17)8-12)13-4-2-11(10-16)3-5-13/h2-8,19H,9H2,1H3,(H2,17,18). The number of aromatic nitrogens is 1. The first kappa shape index (κ1) is 13.1. The van der Waals surface area contributed by atoms with Crippen LogP contribution in [0.2, 0.25) is 0 Å². The molecule has 1 aromatic carbocycles. The number of pyridine rings is 1. The van der Waals surface area contributed by atoms with Crippen LogP contribution in [0.15, 0.2) is 42.6 Å². The number of benzene rings is 1. The lowest BCUT2D eigenvalue weighted by molar-refractivity contribution is 0.0576. The molecular weight excluding hydrogens is 238 g/mol. The zero-order chi connectivity index (χ0) is 13.9. The van der Waals surface area contributed by atoms with Crippen LogP contribution in [0.4, 0.5) is 5.82 Å². The molecule has 1 atom stereocenters. The molecule has 1 unspecified atom stereocenters. The number of nitriles is 1. The van der Waals surface area contributed by atoms with Gasteiger partial charge >= 0.3 is 0 Å². The van der Waals surface area contributed by atoms with E-state index in [1.165, 1.54) is 0 Å². The van der Waals surface area contributed by atoms with Gasteiger partial charge in [-0.25, -0.2) is 4.98 Å². The van der Waals surface area contributed by atoms with Gasteiger partial charge in [-0.1, -0.05) is 12.1 Å². The van der Waals surface area contributed by atoms with Gasteiger partial charge in [0.1, 0.15) is 5.82 Å². The number of nitrogens with zero attached hydrogens (tertiary/aromatic N) is 2. The Morgan fingerprint density at radius 2 is 2.00 bits per heavy atom. The summed E-state index contributed by atoms with van der Waals surface area (Å²) < 4.78 is 0. The molecule has 2 rings (SSSR count). The Morgan fingerprint density at radius 3 is 2.58 bits per heavy atom. The number of anilines is 1. The van der Waals surface area contributed by atoms with Crippen LogP contribution in [0, 0.1) is 11.3 Å². The summed E-state index contributed by atoms with van der Waals surface area (Å²) in [5, 5.41) is 19.3. The van der Waals surface area contributed by atoms with Crippen LogP contribution in [0.3, 0.4) is 0 Å². The lowest BCUT2D eigenvalue weighted by atomic mass is 9.89. The SMILES string of the molecule is CC(O)(Cc1ccnc(N)c1)c1ccc(C#N)cc1. The molecule has 0 saturated heterocycles. The molecule has 19 heavy (non-hydrogen) atoms. The molecule has 0 saturated carbocycles. The summed E-state index contributed by atoms with van der Waals surface area (Å²) in [7, 11) is 0. The van der Waals surface area contributed by atoms with Gasteiger partial charge in [0.2, 0.25) is 0 Å². The van der Waals surface area contributed by atoms with Gasteiger partial charge in [0.05, 0.1) is 17.2 Å². The second kappa shape index (κ2) is 5.09. The van der Waals surface area contributed by atoms with Crippen LogP contribution in [0.5, 0.6) is 0 Å². The highest BCUT2D eigenvalue weighted by molar-refractivity contribution is 5.36. The highest BCUT2D eigenvalue weighted by atomic mass is 16.3. The molecule has 0 bridgehead atoms. The van der Waals surface area contributed by atoms with E-state index in [1.807, 2.05) is 6.07 Å². The van der Waals surface area contributed by atoms with Gasteiger partial charge in [-0.3, -0.25) is 0 Å². The van der Waals surface area contributed by atoms with E-state index >= 15 is 0 Å². The Hall–Kier alpha value is -2.38. The minimum Gasteiger partial charge on any atom is -0.385 e. The number of aliphatic hydroxyl groups is 1. The Kier molecular flexibility index (Phi) is 3.50. The normalized spacial score (nSPS) is 13.5. The molecule has 4 heteroatoms. The maximum atomic E-state index is 10.5. The predicted molar refractivity (Wildman–Crippen MR) is 73.1 cm³/mol. The first-order valence-electron chi connectivity index (χ1n) is 5.95. The maximum absolute atomic E-state index is 10.5. The summed E-state index contributed by atoms with van der Waals surface area (Å²) >= 11 is 0. The van der Waals surface area contributed by atoms with Crippen molar-refractivity contribution < 1.29 is 5.11 Å². The summed E-state index contributed by atoms with van der Waals surface area (Å²) in [4.78, 5) is 3.93. The average molecular weight is 253 g/mol. The minimum absolute atomic E-state index is 0.436. The van der Waals surface area contributed by atoms with Gasteiger partial charge in [-0.2, -0.15) is 5.26 Å². The maximum Gasteiger partial charge on any atom is 0.123 e. The lowest BCUT2D eigenvalue weighted by Gasteiger charge is -2.24. The molecule has 0 aliphatic carbocycles. The van der Waals surface area contributed by atoms with Crippen molar-refractivity contribution in [3.05, 3.63) is 59.3 Å². The quantitative estimate of drug-likeness (QED) is 0.876. The summed E-state index contributed by atoms with van der Waals surface area (Å²) in [6, 6.07) is 12.6. The molecule has 0 amide bonds. The van der Waals surface area contributed by atoms with Crippen molar-refractivity contribution >= 4 is 5.82 Å². The molecule has 2 aromatic rings. The Labute approximate surface area is 112 Å². The van der Waals surface area contributed by atoms with Gasteiger partial charge < -0.3 is 10.8 Å². The van der Waals surface area contributed by atoms with Crippen molar-refractivity contribution in [2.24, 2.45) is 0 Å². The third-order valence-corrected chi connectivity index (χ3v) is 3.03. The first-order valence-corrected chi connectivity index (χ1v) is 5.95. The van der Waals surface area contributed by atoms with Crippen molar-refractivity contribution in [1.82, 2.24) is 4.98 Å². The van der Waals surface area contributed by atoms with Gasteiger partial charge in [0.15, 0.2) is 0 Å². The molecule has 4 nitrogen and oxygen atoms in total. The molecule has 0 radical (unpaired) electrons. The topological polar surface area (TPSA) is 82.9 Å². The van der Waals surface area contributed by atoms with Crippen LogP contribution >= 0.6 is 0 Å². The van der Waals surface area contributed by atoms with Gasteiger partial charge in [0, 0.05) is 12.6 Å². The third kappa shape index (κ3) is 3.09. The molecule has 0 spiro atoms. The van der Waals surface area contributed by atoms with E-state index in [2.05, 4.69) is 11.1 Å². The molecule has 1 aromatic heterocycles. The van der Waals surface area contributed by atoms with Gasteiger partial charge in [0.25, 0.3) is 0 Å². The van der Waals surface area contributed by atoms with Crippen LogP contribution in [0.1, 0.15) is 23.6 Å². The van der Waals surface area contributed by atoms with Crippen molar-refractivity contribution in [3.63, 3.8) is 0 Å². The van der Waals surface area contributed by atoms with E-state index in [4.69, 9.17) is 11.0 Å². The molecular formula is C15H15N3O. The van der Waals surface area contributed by atoms with Crippen LogP contribution < -0.4 is 5.73 Å². The fourth-order valence-corrected chi connectivity index (χ4v) is 2.01. The zero-order valence-electron chi connectivity index (χ0n) is 10.7. The summed E-state index contributed by atoms with van der Waals surface area (Å²) in [6.45, 7) is 1.74. The van der Waals surface area contributed by atoms with E-state index in [1.54, 1.807) is 43.5 Å². The second-order valence-corrected chi connectivity index (χ2v) is 4.73. The van der Waals surface area contributed by atoms with Gasteiger partial charge in [-0.05, 0) is 42.3 Å². The van der Waals surface area contributed by atoms with Crippen molar-refractivity contribution in [1.29, 1.82) is 5.26 Å². The number of rotatable bonds is 3. The van der Waals surface area contributed by atoms with E-state index < -0.39 is 5.60 Å². The predicted octanol–water partition coefficient (Wildman–Crippen LogP) is 1.99. The highest BCUT2D eigenvalue weighted by Gasteiger charge is 2.23. The highest BCUT2D eigenvalue weighted by Crippen LogP contribution is 2.25.